The maximum Gasteiger partial charge on any atom is 0.282 e. The molecule has 0 unspecified atom stereocenters. The third-order valence-electron chi connectivity index (χ3n) is 2.32. The number of imide groups is 1. The van der Waals surface area contributed by atoms with Crippen LogP contribution in [0.25, 0.3) is 0 Å². The lowest BCUT2D eigenvalue weighted by Gasteiger charge is -2.07. The fourth-order valence-electron chi connectivity index (χ4n) is 1.60. The monoisotopic (exact) mass is 222 g/mol. The van der Waals surface area contributed by atoms with Gasteiger partial charge in [-0.05, 0) is 6.07 Å². The molecule has 7 heteroatoms. The molecule has 1 aliphatic heterocycles. The van der Waals surface area contributed by atoms with Gasteiger partial charge in [0, 0.05) is 6.07 Å². The van der Waals surface area contributed by atoms with Gasteiger partial charge in [0.15, 0.2) is 0 Å². The Morgan fingerprint density at radius 3 is 2.56 bits per heavy atom. The minimum absolute atomic E-state index is 0.0479. The number of rotatable bonds is 2. The standard InChI is InChI=1S/C9H6N2O5/c12-4-10-8(13)5-2-1-3-6(11(15)16)7(5)9(10)14/h1-3,12H,4H2. The lowest BCUT2D eigenvalue weighted by Crippen LogP contribution is -2.30. The van der Waals surface area contributed by atoms with Crippen LogP contribution in [-0.2, 0) is 0 Å². The predicted octanol–water partition coefficient (Wildman–Crippen LogP) is 0.141. The molecule has 1 aliphatic rings. The molecule has 16 heavy (non-hydrogen) atoms. The summed E-state index contributed by atoms with van der Waals surface area (Å²) in [7, 11) is 0. The molecule has 1 aromatic carbocycles. The van der Waals surface area contributed by atoms with Crippen LogP contribution in [0, 0.1) is 10.1 Å². The second kappa shape index (κ2) is 3.38. The van der Waals surface area contributed by atoms with Gasteiger partial charge in [0.2, 0.25) is 0 Å². The quantitative estimate of drug-likeness (QED) is 0.435. The normalized spacial score (nSPS) is 14.2. The number of hydrogen-bond acceptors (Lipinski definition) is 5. The number of carbonyl (C=O) groups is 2. The van der Waals surface area contributed by atoms with E-state index in [0.717, 1.165) is 6.07 Å². The first-order valence-electron chi connectivity index (χ1n) is 4.32. The van der Waals surface area contributed by atoms with Gasteiger partial charge in [-0.1, -0.05) is 6.07 Å². The van der Waals surface area contributed by atoms with Crippen molar-refractivity contribution in [3.8, 4) is 0 Å². The first-order valence-corrected chi connectivity index (χ1v) is 4.32. The second-order valence-electron chi connectivity index (χ2n) is 3.14. The summed E-state index contributed by atoms with van der Waals surface area (Å²) in [5.41, 5.74) is -0.730. The average Bonchev–Trinajstić information content (AvgIpc) is 2.51. The van der Waals surface area contributed by atoms with Crippen molar-refractivity contribution in [1.29, 1.82) is 0 Å². The highest BCUT2D eigenvalue weighted by Crippen LogP contribution is 2.30. The minimum Gasteiger partial charge on any atom is -0.376 e. The summed E-state index contributed by atoms with van der Waals surface area (Å²) >= 11 is 0. The topological polar surface area (TPSA) is 101 Å². The molecule has 0 radical (unpaired) electrons. The molecule has 1 heterocycles. The highest BCUT2D eigenvalue weighted by molar-refractivity contribution is 6.23. The van der Waals surface area contributed by atoms with E-state index in [2.05, 4.69) is 0 Å². The summed E-state index contributed by atoms with van der Waals surface area (Å²) in [6, 6.07) is 3.78. The van der Waals surface area contributed by atoms with Crippen LogP contribution in [0.3, 0.4) is 0 Å². The first-order chi connectivity index (χ1) is 7.57. The van der Waals surface area contributed by atoms with E-state index in [-0.39, 0.29) is 11.1 Å². The van der Waals surface area contributed by atoms with Gasteiger partial charge in [-0.2, -0.15) is 0 Å². The Labute approximate surface area is 89.1 Å². The van der Waals surface area contributed by atoms with Crippen LogP contribution in [0.15, 0.2) is 18.2 Å². The zero-order valence-electron chi connectivity index (χ0n) is 7.91. The lowest BCUT2D eigenvalue weighted by molar-refractivity contribution is -0.385. The van der Waals surface area contributed by atoms with Crippen molar-refractivity contribution < 1.29 is 19.6 Å². The van der Waals surface area contributed by atoms with E-state index < -0.39 is 29.2 Å². The van der Waals surface area contributed by atoms with Crippen LogP contribution >= 0.6 is 0 Å². The molecule has 1 N–H and O–H groups in total. The molecule has 0 aliphatic carbocycles. The molecule has 0 aromatic heterocycles. The third kappa shape index (κ3) is 1.18. The fraction of sp³-hybridized carbons (Fsp3) is 0.111. The fourth-order valence-corrected chi connectivity index (χ4v) is 1.60. The molecule has 82 valence electrons. The van der Waals surface area contributed by atoms with Gasteiger partial charge in [-0.25, -0.2) is 0 Å². The Morgan fingerprint density at radius 1 is 1.31 bits per heavy atom. The van der Waals surface area contributed by atoms with Crippen molar-refractivity contribution in [3.63, 3.8) is 0 Å². The van der Waals surface area contributed by atoms with Crippen LogP contribution in [0.2, 0.25) is 0 Å². The maximum absolute atomic E-state index is 11.6. The van der Waals surface area contributed by atoms with Crippen LogP contribution < -0.4 is 0 Å². The number of hydrogen-bond donors (Lipinski definition) is 1. The van der Waals surface area contributed by atoms with Gasteiger partial charge < -0.3 is 5.11 Å². The van der Waals surface area contributed by atoms with Crippen LogP contribution in [0.1, 0.15) is 20.7 Å². The molecule has 0 bridgehead atoms. The molecule has 0 saturated carbocycles. The van der Waals surface area contributed by atoms with Gasteiger partial charge in [0.25, 0.3) is 17.5 Å². The predicted molar refractivity (Wildman–Crippen MR) is 50.7 cm³/mol. The van der Waals surface area contributed by atoms with Crippen molar-refractivity contribution >= 4 is 17.5 Å². The Bertz CT molecular complexity index is 511. The number of nitrogens with zero attached hydrogens (tertiary/aromatic N) is 2. The van der Waals surface area contributed by atoms with Crippen molar-refractivity contribution in [3.05, 3.63) is 39.4 Å². The summed E-state index contributed by atoms with van der Waals surface area (Å²) in [5, 5.41) is 19.5. The van der Waals surface area contributed by atoms with Crippen molar-refractivity contribution in [1.82, 2.24) is 4.90 Å². The van der Waals surface area contributed by atoms with Crippen LogP contribution in [0.4, 0.5) is 5.69 Å². The number of aliphatic hydroxyl groups excluding tert-OH is 1. The molecule has 0 spiro atoms. The number of fused-ring (bicyclic) bond motifs is 1. The Kier molecular flexibility index (Phi) is 2.17. The summed E-state index contributed by atoms with van der Waals surface area (Å²) in [6.45, 7) is -0.788. The minimum atomic E-state index is -0.838. The number of nitro groups is 1. The molecular formula is C9H6N2O5. The third-order valence-corrected chi connectivity index (χ3v) is 2.32. The van der Waals surface area contributed by atoms with Gasteiger partial charge in [-0.15, -0.1) is 0 Å². The summed E-state index contributed by atoms with van der Waals surface area (Å²) < 4.78 is 0. The van der Waals surface area contributed by atoms with E-state index in [1.165, 1.54) is 12.1 Å². The van der Waals surface area contributed by atoms with Gasteiger partial charge in [0.05, 0.1) is 10.5 Å². The number of aliphatic hydroxyl groups is 1. The van der Waals surface area contributed by atoms with Gasteiger partial charge in [-0.3, -0.25) is 24.6 Å². The lowest BCUT2D eigenvalue weighted by atomic mass is 10.1. The van der Waals surface area contributed by atoms with E-state index in [1.54, 1.807) is 0 Å². The first kappa shape index (κ1) is 10.2. The summed E-state index contributed by atoms with van der Waals surface area (Å²) in [5.74, 6) is -1.55. The molecule has 0 fully saturated rings. The van der Waals surface area contributed by atoms with Crippen molar-refractivity contribution in [2.45, 2.75) is 0 Å². The van der Waals surface area contributed by atoms with E-state index >= 15 is 0 Å². The number of nitro benzene ring substituents is 1. The van der Waals surface area contributed by atoms with E-state index in [1.807, 2.05) is 0 Å². The Hall–Kier alpha value is -2.28. The number of benzene rings is 1. The largest absolute Gasteiger partial charge is 0.376 e. The Balaban J connectivity index is 2.68. The molecule has 0 atom stereocenters. The van der Waals surface area contributed by atoms with Crippen LogP contribution in [0.5, 0.6) is 0 Å². The van der Waals surface area contributed by atoms with Crippen LogP contribution in [-0.4, -0.2) is 33.5 Å². The summed E-state index contributed by atoms with van der Waals surface area (Å²) in [4.78, 5) is 33.6. The SMILES string of the molecule is O=C1c2cccc([N+](=O)[O-])c2C(=O)N1CO. The highest BCUT2D eigenvalue weighted by atomic mass is 16.6. The van der Waals surface area contributed by atoms with E-state index in [0.29, 0.717) is 4.90 Å². The molecule has 0 saturated heterocycles. The van der Waals surface area contributed by atoms with Crippen molar-refractivity contribution in [2.75, 3.05) is 6.73 Å². The van der Waals surface area contributed by atoms with Gasteiger partial charge >= 0.3 is 0 Å². The van der Waals surface area contributed by atoms with E-state index in [4.69, 9.17) is 5.11 Å². The van der Waals surface area contributed by atoms with Gasteiger partial charge in [0.1, 0.15) is 12.3 Å². The molecule has 7 nitrogen and oxygen atoms in total. The molecule has 2 amide bonds. The number of carbonyl (C=O) groups excluding carboxylic acids is 2. The summed E-state index contributed by atoms with van der Waals surface area (Å²) in [6.07, 6.45) is 0. The van der Waals surface area contributed by atoms with E-state index in [9.17, 15) is 19.7 Å². The average molecular weight is 222 g/mol. The maximum atomic E-state index is 11.6. The Morgan fingerprint density at radius 2 is 2.00 bits per heavy atom. The zero-order chi connectivity index (χ0) is 11.9. The molecule has 2 rings (SSSR count). The number of amides is 2. The molecule has 1 aromatic rings. The zero-order valence-corrected chi connectivity index (χ0v) is 7.91. The second-order valence-corrected chi connectivity index (χ2v) is 3.14. The molecular weight excluding hydrogens is 216 g/mol. The smallest absolute Gasteiger partial charge is 0.282 e. The highest BCUT2D eigenvalue weighted by Gasteiger charge is 2.40. The van der Waals surface area contributed by atoms with Crippen molar-refractivity contribution in [2.24, 2.45) is 0 Å².